The third-order valence-electron chi connectivity index (χ3n) is 11.5. The minimum absolute atomic E-state index is 0.909. The fourth-order valence-electron chi connectivity index (χ4n) is 8.74. The molecule has 0 N–H and O–H groups in total. The molecule has 0 spiro atoms. The van der Waals surface area contributed by atoms with Crippen molar-refractivity contribution >= 4 is 56.0 Å². The van der Waals surface area contributed by atoms with Gasteiger partial charge in [-0.05, 0) is 101 Å². The molecule has 0 saturated heterocycles. The van der Waals surface area contributed by atoms with E-state index in [4.69, 9.17) is 4.42 Å². The second-order valence-corrected chi connectivity index (χ2v) is 14.8. The highest BCUT2D eigenvalue weighted by Crippen LogP contribution is 2.41. The van der Waals surface area contributed by atoms with Gasteiger partial charge in [0.05, 0.1) is 5.52 Å². The highest BCUT2D eigenvalue weighted by atomic mass is 16.3. The number of fused-ring (bicyclic) bond motifs is 6. The van der Waals surface area contributed by atoms with Crippen LogP contribution in [0.3, 0.4) is 0 Å². The second kappa shape index (κ2) is 13.7. The summed E-state index contributed by atoms with van der Waals surface area (Å²) in [6, 6.07) is 69.7. The van der Waals surface area contributed by atoms with Gasteiger partial charge in [0.2, 0.25) is 0 Å². The van der Waals surface area contributed by atoms with Gasteiger partial charge in [-0.15, -0.1) is 0 Å². The van der Waals surface area contributed by atoms with Gasteiger partial charge < -0.3 is 13.9 Å². The molecular weight excluding hydrogens is 693 g/mol. The molecule has 0 bridgehead atoms. The summed E-state index contributed by atoms with van der Waals surface area (Å²) in [5.74, 6) is 0. The van der Waals surface area contributed by atoms with E-state index in [1.165, 1.54) is 50.1 Å². The molecule has 0 fully saturated rings. The summed E-state index contributed by atoms with van der Waals surface area (Å²) in [6.07, 6.45) is 6.71. The minimum atomic E-state index is 0.909. The summed E-state index contributed by atoms with van der Waals surface area (Å²) in [4.78, 5) is 2.34. The zero-order valence-corrected chi connectivity index (χ0v) is 31.3. The number of para-hydroxylation sites is 3. The third-order valence-corrected chi connectivity index (χ3v) is 11.5. The van der Waals surface area contributed by atoms with E-state index < -0.39 is 0 Å². The molecule has 1 aliphatic carbocycles. The lowest BCUT2D eigenvalue weighted by Crippen LogP contribution is -2.09. The largest absolute Gasteiger partial charge is 0.455 e. The number of nitrogens with zero attached hydrogens (tertiary/aromatic N) is 2. The molecule has 3 nitrogen and oxygen atoms in total. The van der Waals surface area contributed by atoms with Crippen molar-refractivity contribution in [2.24, 2.45) is 0 Å². The van der Waals surface area contributed by atoms with Crippen LogP contribution in [0, 0.1) is 0 Å². The lowest BCUT2D eigenvalue weighted by atomic mass is 10.0. The SMILES string of the molecule is C1=Cc2c(n(-c3cccc(-c4ccc(N(c5ccc(-c6ccccc6)cc5)c5ccc(-c6cccc7c6oc6ccccc67)cc5)cc4)c3)c3ccccc23)CC1. The summed E-state index contributed by atoms with van der Waals surface area (Å²) in [5.41, 5.74) is 17.3. The molecule has 3 heteroatoms. The molecule has 0 aliphatic heterocycles. The Morgan fingerprint density at radius 1 is 0.456 bits per heavy atom. The van der Waals surface area contributed by atoms with Crippen LogP contribution in [-0.2, 0) is 6.42 Å². The zero-order valence-electron chi connectivity index (χ0n) is 31.3. The van der Waals surface area contributed by atoms with Gasteiger partial charge in [-0.3, -0.25) is 0 Å². The van der Waals surface area contributed by atoms with Crippen LogP contribution in [0.2, 0.25) is 0 Å². The van der Waals surface area contributed by atoms with Crippen molar-refractivity contribution in [2.45, 2.75) is 12.8 Å². The molecule has 11 rings (SSSR count). The molecule has 10 aromatic rings. The first-order valence-corrected chi connectivity index (χ1v) is 19.7. The molecule has 0 amide bonds. The Bertz CT molecular complexity index is 3090. The number of anilines is 3. The summed E-state index contributed by atoms with van der Waals surface area (Å²) < 4.78 is 8.87. The quantitative estimate of drug-likeness (QED) is 0.163. The molecule has 270 valence electrons. The molecule has 2 heterocycles. The molecule has 57 heavy (non-hydrogen) atoms. The molecule has 0 unspecified atom stereocenters. The molecular formula is C54H38N2O. The van der Waals surface area contributed by atoms with Gasteiger partial charge >= 0.3 is 0 Å². The van der Waals surface area contributed by atoms with E-state index in [1.807, 2.05) is 12.1 Å². The first-order chi connectivity index (χ1) is 28.3. The van der Waals surface area contributed by atoms with Crippen LogP contribution in [-0.4, -0.2) is 4.57 Å². The summed E-state index contributed by atoms with van der Waals surface area (Å²) in [7, 11) is 0. The molecule has 8 aromatic carbocycles. The molecule has 0 saturated carbocycles. The fourth-order valence-corrected chi connectivity index (χ4v) is 8.74. The fraction of sp³-hybridized carbons (Fsp3) is 0.0370. The number of furan rings is 1. The maximum Gasteiger partial charge on any atom is 0.143 e. The predicted molar refractivity (Wildman–Crippen MR) is 239 cm³/mol. The average molecular weight is 731 g/mol. The van der Waals surface area contributed by atoms with E-state index in [0.29, 0.717) is 0 Å². The Kier molecular flexibility index (Phi) is 7.96. The van der Waals surface area contributed by atoms with Crippen molar-refractivity contribution in [1.29, 1.82) is 0 Å². The summed E-state index contributed by atoms with van der Waals surface area (Å²) in [5, 5.41) is 3.59. The monoisotopic (exact) mass is 730 g/mol. The van der Waals surface area contributed by atoms with Gasteiger partial charge in [0.25, 0.3) is 0 Å². The Morgan fingerprint density at radius 3 is 1.79 bits per heavy atom. The number of aromatic nitrogens is 1. The minimum Gasteiger partial charge on any atom is -0.455 e. The smallest absolute Gasteiger partial charge is 0.143 e. The molecule has 0 atom stereocenters. The van der Waals surface area contributed by atoms with Crippen molar-refractivity contribution in [2.75, 3.05) is 4.90 Å². The Morgan fingerprint density at radius 2 is 1.04 bits per heavy atom. The second-order valence-electron chi connectivity index (χ2n) is 14.8. The first-order valence-electron chi connectivity index (χ1n) is 19.7. The van der Waals surface area contributed by atoms with Crippen molar-refractivity contribution in [3.63, 3.8) is 0 Å². The molecule has 2 aromatic heterocycles. The first kappa shape index (κ1) is 33.0. The zero-order chi connectivity index (χ0) is 37.7. The summed E-state index contributed by atoms with van der Waals surface area (Å²) >= 11 is 0. The van der Waals surface area contributed by atoms with Gasteiger partial charge in [-0.2, -0.15) is 0 Å². The topological polar surface area (TPSA) is 21.3 Å². The van der Waals surface area contributed by atoms with E-state index in [2.05, 4.69) is 204 Å². The van der Waals surface area contributed by atoms with Crippen LogP contribution >= 0.6 is 0 Å². The van der Waals surface area contributed by atoms with E-state index in [0.717, 1.165) is 63.0 Å². The number of rotatable bonds is 7. The number of hydrogen-bond acceptors (Lipinski definition) is 2. The number of allylic oxidation sites excluding steroid dienone is 1. The Hall–Kier alpha value is -7.36. The van der Waals surface area contributed by atoms with E-state index in [-0.39, 0.29) is 0 Å². The van der Waals surface area contributed by atoms with E-state index in [9.17, 15) is 0 Å². The van der Waals surface area contributed by atoms with Crippen molar-refractivity contribution in [1.82, 2.24) is 4.57 Å². The van der Waals surface area contributed by atoms with Crippen LogP contribution in [0.15, 0.2) is 205 Å². The van der Waals surface area contributed by atoms with Crippen LogP contribution < -0.4 is 4.90 Å². The maximum absolute atomic E-state index is 6.41. The van der Waals surface area contributed by atoms with Crippen molar-refractivity contribution in [3.8, 4) is 39.1 Å². The highest BCUT2D eigenvalue weighted by molar-refractivity contribution is 6.09. The van der Waals surface area contributed by atoms with E-state index in [1.54, 1.807) is 0 Å². The maximum atomic E-state index is 6.41. The third kappa shape index (κ3) is 5.75. The molecule has 0 radical (unpaired) electrons. The van der Waals surface area contributed by atoms with Gasteiger partial charge in [0.15, 0.2) is 0 Å². The van der Waals surface area contributed by atoms with Crippen LogP contribution in [0.5, 0.6) is 0 Å². The van der Waals surface area contributed by atoms with Gasteiger partial charge in [-0.1, -0.05) is 146 Å². The lowest BCUT2D eigenvalue weighted by molar-refractivity contribution is 0.670. The van der Waals surface area contributed by atoms with E-state index >= 15 is 0 Å². The van der Waals surface area contributed by atoms with Crippen LogP contribution in [0.25, 0.3) is 78.0 Å². The van der Waals surface area contributed by atoms with Crippen LogP contribution in [0.1, 0.15) is 17.7 Å². The highest BCUT2D eigenvalue weighted by Gasteiger charge is 2.19. The van der Waals surface area contributed by atoms with Crippen molar-refractivity contribution in [3.05, 3.63) is 211 Å². The Labute approximate surface area is 332 Å². The molecule has 1 aliphatic rings. The normalized spacial score (nSPS) is 12.4. The number of hydrogen-bond donors (Lipinski definition) is 0. The van der Waals surface area contributed by atoms with Gasteiger partial charge in [0, 0.05) is 55.7 Å². The lowest BCUT2D eigenvalue weighted by Gasteiger charge is -2.26. The van der Waals surface area contributed by atoms with Crippen molar-refractivity contribution < 1.29 is 4.42 Å². The number of benzene rings is 8. The average Bonchev–Trinajstić information content (AvgIpc) is 3.84. The van der Waals surface area contributed by atoms with Gasteiger partial charge in [0.1, 0.15) is 11.2 Å². The predicted octanol–water partition coefficient (Wildman–Crippen LogP) is 15.0. The summed E-state index contributed by atoms with van der Waals surface area (Å²) in [6.45, 7) is 0. The van der Waals surface area contributed by atoms with Crippen LogP contribution in [0.4, 0.5) is 17.1 Å². The Balaban J connectivity index is 0.969. The standard InChI is InChI=1S/C54H38N2O/c1-2-12-37(13-3-1)38-24-30-42(31-25-38)55(44-34-28-40(29-35-44)46-19-11-20-50-49-18-6-9-23-53(49)57-54(46)50)43-32-26-39(27-33-43)41-14-10-15-45(36-41)56-51-21-7-4-16-47(51)48-17-5-8-22-52(48)56/h1-7,9-21,23-36H,8,22H2. The van der Waals surface area contributed by atoms with Gasteiger partial charge in [-0.25, -0.2) is 0 Å².